The van der Waals surface area contributed by atoms with E-state index in [4.69, 9.17) is 4.74 Å². The number of ether oxygens (including phenoxy) is 1. The molecule has 124 valence electrons. The summed E-state index contributed by atoms with van der Waals surface area (Å²) in [6.07, 6.45) is 0.0576. The molecule has 2 N–H and O–H groups in total. The molecule has 1 fully saturated rings. The maximum Gasteiger partial charge on any atom is 0.329 e. The Labute approximate surface area is 146 Å². The SMILES string of the molecule is CCOC(=O)C1CSC(CC(=O)Nc2ccc(Br)cc2)C(=O)N1. The van der Waals surface area contributed by atoms with Crippen LogP contribution in [-0.2, 0) is 19.1 Å². The van der Waals surface area contributed by atoms with E-state index >= 15 is 0 Å². The number of thioether (sulfide) groups is 1. The zero-order chi connectivity index (χ0) is 16.8. The number of carbonyl (C=O) groups excluding carboxylic acids is 3. The van der Waals surface area contributed by atoms with Gasteiger partial charge in [0.1, 0.15) is 6.04 Å². The molecule has 0 spiro atoms. The summed E-state index contributed by atoms with van der Waals surface area (Å²) >= 11 is 4.61. The molecule has 0 aliphatic carbocycles. The van der Waals surface area contributed by atoms with Crippen LogP contribution in [0.2, 0.25) is 0 Å². The number of halogens is 1. The Morgan fingerprint density at radius 1 is 1.39 bits per heavy atom. The second kappa shape index (κ2) is 8.35. The summed E-state index contributed by atoms with van der Waals surface area (Å²) in [5.74, 6) is -0.591. The average molecular weight is 401 g/mol. The highest BCUT2D eigenvalue weighted by Crippen LogP contribution is 2.22. The second-order valence-electron chi connectivity index (χ2n) is 4.89. The summed E-state index contributed by atoms with van der Waals surface area (Å²) in [5, 5.41) is 4.85. The molecule has 6 nitrogen and oxygen atoms in total. The van der Waals surface area contributed by atoms with Crippen LogP contribution in [0.4, 0.5) is 5.69 Å². The van der Waals surface area contributed by atoms with Crippen LogP contribution >= 0.6 is 27.7 Å². The molecule has 8 heteroatoms. The summed E-state index contributed by atoms with van der Waals surface area (Å²) < 4.78 is 5.80. The van der Waals surface area contributed by atoms with E-state index in [0.717, 1.165) is 4.47 Å². The summed E-state index contributed by atoms with van der Waals surface area (Å²) in [7, 11) is 0. The van der Waals surface area contributed by atoms with Crippen molar-refractivity contribution in [1.82, 2.24) is 5.32 Å². The lowest BCUT2D eigenvalue weighted by Crippen LogP contribution is -2.51. The summed E-state index contributed by atoms with van der Waals surface area (Å²) in [6, 6.07) is 6.54. The molecular weight excluding hydrogens is 384 g/mol. The van der Waals surface area contributed by atoms with Gasteiger partial charge in [0, 0.05) is 22.3 Å². The summed E-state index contributed by atoms with van der Waals surface area (Å²) in [6.45, 7) is 1.99. The van der Waals surface area contributed by atoms with Crippen LogP contribution in [0, 0.1) is 0 Å². The molecule has 2 rings (SSSR count). The number of nitrogens with one attached hydrogen (secondary N) is 2. The van der Waals surface area contributed by atoms with Crippen molar-refractivity contribution < 1.29 is 19.1 Å². The van der Waals surface area contributed by atoms with Crippen molar-refractivity contribution in [2.24, 2.45) is 0 Å². The van der Waals surface area contributed by atoms with E-state index < -0.39 is 17.3 Å². The second-order valence-corrected chi connectivity index (χ2v) is 7.05. The molecular formula is C15H17BrN2O4S. The first kappa shape index (κ1) is 17.8. The molecule has 1 saturated heterocycles. The lowest BCUT2D eigenvalue weighted by atomic mass is 10.2. The van der Waals surface area contributed by atoms with Gasteiger partial charge in [0.05, 0.1) is 11.9 Å². The molecule has 1 aliphatic heterocycles. The largest absolute Gasteiger partial charge is 0.464 e. The zero-order valence-electron chi connectivity index (χ0n) is 12.5. The van der Waals surface area contributed by atoms with Crippen molar-refractivity contribution in [2.75, 3.05) is 17.7 Å². The van der Waals surface area contributed by atoms with E-state index in [0.29, 0.717) is 11.4 Å². The lowest BCUT2D eigenvalue weighted by molar-refractivity contribution is -0.146. The van der Waals surface area contributed by atoms with Crippen molar-refractivity contribution in [2.45, 2.75) is 24.6 Å². The van der Waals surface area contributed by atoms with Gasteiger partial charge in [0.15, 0.2) is 0 Å². The van der Waals surface area contributed by atoms with E-state index in [1.165, 1.54) is 11.8 Å². The van der Waals surface area contributed by atoms with Crippen molar-refractivity contribution in [3.8, 4) is 0 Å². The molecule has 0 radical (unpaired) electrons. The van der Waals surface area contributed by atoms with Gasteiger partial charge in [-0.15, -0.1) is 11.8 Å². The molecule has 0 saturated carbocycles. The van der Waals surface area contributed by atoms with Gasteiger partial charge in [-0.1, -0.05) is 15.9 Å². The number of hydrogen-bond acceptors (Lipinski definition) is 5. The van der Waals surface area contributed by atoms with E-state index in [1.807, 2.05) is 12.1 Å². The lowest BCUT2D eigenvalue weighted by Gasteiger charge is -2.27. The van der Waals surface area contributed by atoms with Gasteiger partial charge in [-0.3, -0.25) is 9.59 Å². The molecule has 2 unspecified atom stereocenters. The topological polar surface area (TPSA) is 84.5 Å². The number of esters is 1. The highest BCUT2D eigenvalue weighted by atomic mass is 79.9. The van der Waals surface area contributed by atoms with Crippen LogP contribution in [0.1, 0.15) is 13.3 Å². The molecule has 0 aromatic heterocycles. The molecule has 0 bridgehead atoms. The van der Waals surface area contributed by atoms with Crippen LogP contribution in [0.25, 0.3) is 0 Å². The third kappa shape index (κ3) is 5.24. The molecule has 1 aliphatic rings. The van der Waals surface area contributed by atoms with Gasteiger partial charge >= 0.3 is 5.97 Å². The highest BCUT2D eigenvalue weighted by molar-refractivity contribution is 9.10. The zero-order valence-corrected chi connectivity index (χ0v) is 14.9. The molecule has 1 aromatic carbocycles. The van der Waals surface area contributed by atoms with Crippen molar-refractivity contribution in [1.29, 1.82) is 0 Å². The molecule has 2 atom stereocenters. The third-order valence-electron chi connectivity index (χ3n) is 3.14. The highest BCUT2D eigenvalue weighted by Gasteiger charge is 2.34. The number of amides is 2. The minimum absolute atomic E-state index is 0.0576. The van der Waals surface area contributed by atoms with Gasteiger partial charge < -0.3 is 15.4 Å². The van der Waals surface area contributed by atoms with Crippen molar-refractivity contribution in [3.05, 3.63) is 28.7 Å². The average Bonchev–Trinajstić information content (AvgIpc) is 2.52. The Hall–Kier alpha value is -1.54. The minimum atomic E-state index is -0.641. The first-order valence-corrected chi connectivity index (χ1v) is 8.97. The van der Waals surface area contributed by atoms with Crippen molar-refractivity contribution >= 4 is 51.2 Å². The predicted molar refractivity (Wildman–Crippen MR) is 92.2 cm³/mol. The predicted octanol–water partition coefficient (Wildman–Crippen LogP) is 1.94. The summed E-state index contributed by atoms with van der Waals surface area (Å²) in [5.41, 5.74) is 0.670. The van der Waals surface area contributed by atoms with Gasteiger partial charge in [0.2, 0.25) is 11.8 Å². The minimum Gasteiger partial charge on any atom is -0.464 e. The number of rotatable bonds is 5. The Morgan fingerprint density at radius 2 is 2.09 bits per heavy atom. The van der Waals surface area contributed by atoms with E-state index in [2.05, 4.69) is 26.6 Å². The molecule has 23 heavy (non-hydrogen) atoms. The molecule has 2 amide bonds. The maximum atomic E-state index is 12.0. The van der Waals surface area contributed by atoms with Crippen LogP contribution in [0.15, 0.2) is 28.7 Å². The van der Waals surface area contributed by atoms with Crippen LogP contribution in [0.5, 0.6) is 0 Å². The fourth-order valence-corrected chi connectivity index (χ4v) is 3.43. The van der Waals surface area contributed by atoms with Gasteiger partial charge in [-0.05, 0) is 31.2 Å². The van der Waals surface area contributed by atoms with Crippen LogP contribution in [0.3, 0.4) is 0 Å². The Kier molecular flexibility index (Phi) is 6.47. The third-order valence-corrected chi connectivity index (χ3v) is 4.98. The number of anilines is 1. The first-order valence-electron chi connectivity index (χ1n) is 7.13. The van der Waals surface area contributed by atoms with Gasteiger partial charge in [0.25, 0.3) is 0 Å². The fourth-order valence-electron chi connectivity index (χ4n) is 2.03. The fraction of sp³-hybridized carbons (Fsp3) is 0.400. The van der Waals surface area contributed by atoms with E-state index in [-0.39, 0.29) is 24.8 Å². The van der Waals surface area contributed by atoms with Crippen molar-refractivity contribution in [3.63, 3.8) is 0 Å². The number of carbonyl (C=O) groups is 3. The van der Waals surface area contributed by atoms with E-state index in [1.54, 1.807) is 19.1 Å². The number of benzene rings is 1. The molecule has 1 heterocycles. The van der Waals surface area contributed by atoms with Crippen LogP contribution in [-0.4, -0.2) is 41.4 Å². The van der Waals surface area contributed by atoms with E-state index in [9.17, 15) is 14.4 Å². The smallest absolute Gasteiger partial charge is 0.329 e. The Balaban J connectivity index is 1.84. The van der Waals surface area contributed by atoms with Gasteiger partial charge in [-0.25, -0.2) is 4.79 Å². The monoisotopic (exact) mass is 400 g/mol. The molecule has 1 aromatic rings. The Morgan fingerprint density at radius 3 is 2.70 bits per heavy atom. The quantitative estimate of drug-likeness (QED) is 0.737. The first-order chi connectivity index (χ1) is 11.0. The Bertz CT molecular complexity index is 594. The summed E-state index contributed by atoms with van der Waals surface area (Å²) in [4.78, 5) is 35.6. The number of hydrogen-bond donors (Lipinski definition) is 2. The normalized spacial score (nSPS) is 20.5. The van der Waals surface area contributed by atoms with Crippen LogP contribution < -0.4 is 10.6 Å². The standard InChI is InChI=1S/C15H17BrN2O4S/c1-2-22-15(21)11-8-23-12(14(20)18-11)7-13(19)17-10-5-3-9(16)4-6-10/h3-6,11-12H,2,7-8H2,1H3,(H,17,19)(H,18,20). The maximum absolute atomic E-state index is 12.0. The van der Waals surface area contributed by atoms with Gasteiger partial charge in [-0.2, -0.15) is 0 Å².